The van der Waals surface area contributed by atoms with Crippen molar-refractivity contribution in [3.8, 4) is 34.3 Å². The molecule has 1 aliphatic rings. The number of nitriles is 1. The van der Waals surface area contributed by atoms with Crippen molar-refractivity contribution < 1.29 is 4.39 Å². The Hall–Kier alpha value is -4.04. The molecule has 0 fully saturated rings. The molecule has 5 heteroatoms. The van der Waals surface area contributed by atoms with E-state index >= 15 is 0 Å². The van der Waals surface area contributed by atoms with Crippen LogP contribution in [0, 0.1) is 17.1 Å². The first-order valence-corrected chi connectivity index (χ1v) is 9.64. The van der Waals surface area contributed by atoms with Gasteiger partial charge in [0.05, 0.1) is 35.3 Å². The lowest BCUT2D eigenvalue weighted by Gasteiger charge is -2.08. The zero-order valence-electron chi connectivity index (χ0n) is 16.3. The number of fused-ring (bicyclic) bond motifs is 1. The van der Waals surface area contributed by atoms with Gasteiger partial charge in [-0.3, -0.25) is 4.99 Å². The zero-order chi connectivity index (χ0) is 20.7. The summed E-state index contributed by atoms with van der Waals surface area (Å²) in [5.41, 5.74) is 8.23. The first kappa shape index (κ1) is 18.0. The summed E-state index contributed by atoms with van der Waals surface area (Å²) in [6.45, 7) is 2.66. The summed E-state index contributed by atoms with van der Waals surface area (Å²) in [4.78, 5) is 4.57. The molecule has 0 unspecified atom stereocenters. The average molecular weight is 392 g/mol. The molecule has 3 aromatic carbocycles. The molecule has 0 bridgehead atoms. The van der Waals surface area contributed by atoms with E-state index in [-0.39, 0.29) is 5.82 Å². The van der Waals surface area contributed by atoms with Crippen molar-refractivity contribution in [3.05, 3.63) is 95.3 Å². The second-order valence-electron chi connectivity index (χ2n) is 7.23. The topological polar surface area (TPSA) is 54.0 Å². The minimum Gasteiger partial charge on any atom is -0.285 e. The Morgan fingerprint density at radius 1 is 0.967 bits per heavy atom. The summed E-state index contributed by atoms with van der Waals surface area (Å²) in [7, 11) is 0. The van der Waals surface area contributed by atoms with Crippen molar-refractivity contribution in [2.75, 3.05) is 0 Å². The number of halogens is 1. The Balaban J connectivity index is 1.72. The highest BCUT2D eigenvalue weighted by molar-refractivity contribution is 6.03. The molecule has 1 aromatic heterocycles. The maximum atomic E-state index is 13.5. The second-order valence-corrected chi connectivity index (χ2v) is 7.23. The molecule has 0 atom stereocenters. The molecule has 0 spiro atoms. The Bertz CT molecular complexity index is 1340. The van der Waals surface area contributed by atoms with Crippen LogP contribution in [0.1, 0.15) is 23.6 Å². The fourth-order valence-electron chi connectivity index (χ4n) is 3.86. The third-order valence-electron chi connectivity index (χ3n) is 5.38. The quantitative estimate of drug-likeness (QED) is 0.460. The summed E-state index contributed by atoms with van der Waals surface area (Å²) in [6.07, 6.45) is 0. The van der Waals surface area contributed by atoms with Gasteiger partial charge in [0.15, 0.2) is 0 Å². The molecule has 144 valence electrons. The van der Waals surface area contributed by atoms with Gasteiger partial charge in [0, 0.05) is 22.4 Å². The van der Waals surface area contributed by atoms with Crippen LogP contribution in [-0.4, -0.2) is 15.5 Å². The molecular weight excluding hydrogens is 375 g/mol. The molecular formula is C25H17FN4. The van der Waals surface area contributed by atoms with E-state index in [2.05, 4.69) is 23.2 Å². The van der Waals surface area contributed by atoms with E-state index in [1.807, 2.05) is 37.3 Å². The summed E-state index contributed by atoms with van der Waals surface area (Å²) >= 11 is 0. The lowest BCUT2D eigenvalue weighted by molar-refractivity contribution is 0.627. The number of aromatic nitrogens is 2. The molecule has 2 heterocycles. The van der Waals surface area contributed by atoms with Crippen molar-refractivity contribution in [2.24, 2.45) is 4.99 Å². The van der Waals surface area contributed by atoms with E-state index in [4.69, 9.17) is 5.10 Å². The van der Waals surface area contributed by atoms with Crippen LogP contribution in [0.25, 0.3) is 28.2 Å². The fourth-order valence-corrected chi connectivity index (χ4v) is 3.86. The molecule has 0 saturated carbocycles. The fraction of sp³-hybridized carbons (Fsp3) is 0.0800. The predicted molar refractivity (Wildman–Crippen MR) is 115 cm³/mol. The minimum atomic E-state index is -0.298. The molecule has 30 heavy (non-hydrogen) atoms. The van der Waals surface area contributed by atoms with E-state index in [9.17, 15) is 9.65 Å². The standard InChI is InChI=1S/C25H17FN4/c1-16-21-6-3-7-22(23(21)15-28-16)24-13-25(18-5-2-4-17(12-18)14-27)30(29-24)20-10-8-19(26)9-11-20/h2-13H,15H2,1H3. The third-order valence-corrected chi connectivity index (χ3v) is 5.38. The summed E-state index contributed by atoms with van der Waals surface area (Å²) in [5, 5.41) is 14.2. The van der Waals surface area contributed by atoms with Gasteiger partial charge in [0.25, 0.3) is 0 Å². The van der Waals surface area contributed by atoms with Gasteiger partial charge in [0.1, 0.15) is 5.82 Å². The molecule has 1 aliphatic heterocycles. The maximum absolute atomic E-state index is 13.5. The molecule has 4 aromatic rings. The summed E-state index contributed by atoms with van der Waals surface area (Å²) in [5.74, 6) is -0.298. The smallest absolute Gasteiger partial charge is 0.123 e. The van der Waals surface area contributed by atoms with Crippen LogP contribution >= 0.6 is 0 Å². The normalized spacial score (nSPS) is 12.4. The number of hydrogen-bond acceptors (Lipinski definition) is 3. The maximum Gasteiger partial charge on any atom is 0.123 e. The Kier molecular flexibility index (Phi) is 4.26. The lowest BCUT2D eigenvalue weighted by Crippen LogP contribution is -2.00. The molecule has 5 rings (SSSR count). The molecule has 0 radical (unpaired) electrons. The van der Waals surface area contributed by atoms with E-state index in [1.165, 1.54) is 12.1 Å². The average Bonchev–Trinajstić information content (AvgIpc) is 3.39. The first-order valence-electron chi connectivity index (χ1n) is 9.64. The van der Waals surface area contributed by atoms with Crippen molar-refractivity contribution in [1.82, 2.24) is 9.78 Å². The van der Waals surface area contributed by atoms with Gasteiger partial charge in [-0.2, -0.15) is 10.4 Å². The minimum absolute atomic E-state index is 0.298. The molecule has 0 saturated heterocycles. The molecule has 0 amide bonds. The lowest BCUT2D eigenvalue weighted by atomic mass is 9.98. The second kappa shape index (κ2) is 7.09. The van der Waals surface area contributed by atoms with Gasteiger partial charge in [-0.25, -0.2) is 9.07 Å². The van der Waals surface area contributed by atoms with Crippen LogP contribution in [0.2, 0.25) is 0 Å². The van der Waals surface area contributed by atoms with Crippen LogP contribution in [-0.2, 0) is 6.54 Å². The van der Waals surface area contributed by atoms with Gasteiger partial charge in [0.2, 0.25) is 0 Å². The first-order chi connectivity index (χ1) is 14.6. The molecule has 0 aliphatic carbocycles. The van der Waals surface area contributed by atoms with Gasteiger partial charge in [-0.15, -0.1) is 0 Å². The van der Waals surface area contributed by atoms with Crippen molar-refractivity contribution >= 4 is 5.71 Å². The van der Waals surface area contributed by atoms with Crippen molar-refractivity contribution in [1.29, 1.82) is 5.26 Å². The van der Waals surface area contributed by atoms with E-state index in [0.29, 0.717) is 12.1 Å². The van der Waals surface area contributed by atoms with Crippen LogP contribution in [0.5, 0.6) is 0 Å². The van der Waals surface area contributed by atoms with Crippen LogP contribution < -0.4 is 0 Å². The number of aliphatic imine (C=N–C) groups is 1. The zero-order valence-corrected chi connectivity index (χ0v) is 16.3. The van der Waals surface area contributed by atoms with E-state index < -0.39 is 0 Å². The van der Waals surface area contributed by atoms with E-state index in [1.54, 1.807) is 22.9 Å². The van der Waals surface area contributed by atoms with Crippen LogP contribution in [0.15, 0.2) is 77.8 Å². The summed E-state index contributed by atoms with van der Waals surface area (Å²) in [6, 6.07) is 24.0. The number of nitrogens with zero attached hydrogens (tertiary/aromatic N) is 4. The number of rotatable bonds is 3. The van der Waals surface area contributed by atoms with Gasteiger partial charge < -0.3 is 0 Å². The Morgan fingerprint density at radius 3 is 2.53 bits per heavy atom. The van der Waals surface area contributed by atoms with E-state index in [0.717, 1.165) is 45.0 Å². The molecule has 4 nitrogen and oxygen atoms in total. The monoisotopic (exact) mass is 392 g/mol. The molecule has 0 N–H and O–H groups in total. The van der Waals surface area contributed by atoms with Crippen molar-refractivity contribution in [2.45, 2.75) is 13.5 Å². The predicted octanol–water partition coefficient (Wildman–Crippen LogP) is 5.54. The number of benzene rings is 3. The highest BCUT2D eigenvalue weighted by Crippen LogP contribution is 2.34. The van der Waals surface area contributed by atoms with Gasteiger partial charge in [-0.05, 0) is 55.0 Å². The number of hydrogen-bond donors (Lipinski definition) is 0. The highest BCUT2D eigenvalue weighted by atomic mass is 19.1. The van der Waals surface area contributed by atoms with Crippen molar-refractivity contribution in [3.63, 3.8) is 0 Å². The largest absolute Gasteiger partial charge is 0.285 e. The van der Waals surface area contributed by atoms with Crippen LogP contribution in [0.3, 0.4) is 0 Å². The Morgan fingerprint density at radius 2 is 1.73 bits per heavy atom. The van der Waals surface area contributed by atoms with Gasteiger partial charge >= 0.3 is 0 Å². The summed E-state index contributed by atoms with van der Waals surface area (Å²) < 4.78 is 15.3. The SMILES string of the molecule is CC1=NCc2c1cccc2-c1cc(-c2cccc(C#N)c2)n(-c2ccc(F)cc2)n1. The van der Waals surface area contributed by atoms with Gasteiger partial charge in [-0.1, -0.05) is 30.3 Å². The van der Waals surface area contributed by atoms with Crippen LogP contribution in [0.4, 0.5) is 4.39 Å². The third kappa shape index (κ3) is 2.99. The highest BCUT2D eigenvalue weighted by Gasteiger charge is 2.20. The Labute approximate surface area is 173 Å².